The van der Waals surface area contributed by atoms with Crippen LogP contribution >= 0.6 is 0 Å². The van der Waals surface area contributed by atoms with Crippen LogP contribution in [-0.4, -0.2) is 30.6 Å². The Kier molecular flexibility index (Phi) is 5.35. The second-order valence-electron chi connectivity index (χ2n) is 5.94. The van der Waals surface area contributed by atoms with Crippen LogP contribution < -0.4 is 10.1 Å². The molecule has 0 bridgehead atoms. The number of rotatable bonds is 5. The van der Waals surface area contributed by atoms with Crippen molar-refractivity contribution in [2.24, 2.45) is 0 Å². The Hall–Kier alpha value is -3.41. The van der Waals surface area contributed by atoms with Crippen LogP contribution in [0.1, 0.15) is 33.3 Å². The highest BCUT2D eigenvalue weighted by atomic mass is 16.5. The highest BCUT2D eigenvalue weighted by molar-refractivity contribution is 6.07. The molecule has 0 saturated heterocycles. The molecule has 0 aliphatic carbocycles. The SMILES string of the molecule is CCOC(=O)c1cccc(NC(=O)c2cc3ccc(OC)cc3nc2C)c1. The van der Waals surface area contributed by atoms with E-state index in [4.69, 9.17) is 9.47 Å². The number of aryl methyl sites for hydroxylation is 1. The fraction of sp³-hybridized carbons (Fsp3) is 0.190. The number of esters is 1. The van der Waals surface area contributed by atoms with Gasteiger partial charge in [-0.25, -0.2) is 4.79 Å². The largest absolute Gasteiger partial charge is 0.497 e. The minimum absolute atomic E-state index is 0.293. The van der Waals surface area contributed by atoms with Crippen LogP contribution in [0.2, 0.25) is 0 Å². The number of nitrogens with one attached hydrogen (secondary N) is 1. The molecule has 3 aromatic rings. The highest BCUT2D eigenvalue weighted by Gasteiger charge is 2.14. The van der Waals surface area contributed by atoms with Crippen LogP contribution in [0.5, 0.6) is 5.75 Å². The molecule has 1 aromatic heterocycles. The molecule has 0 radical (unpaired) electrons. The van der Waals surface area contributed by atoms with Crippen LogP contribution in [0.4, 0.5) is 5.69 Å². The lowest BCUT2D eigenvalue weighted by molar-refractivity contribution is 0.0526. The van der Waals surface area contributed by atoms with Gasteiger partial charge < -0.3 is 14.8 Å². The van der Waals surface area contributed by atoms with E-state index in [2.05, 4.69) is 10.3 Å². The molecule has 1 N–H and O–H groups in total. The molecule has 138 valence electrons. The standard InChI is InChI=1S/C21H20N2O4/c1-4-27-21(25)15-6-5-7-16(10-15)23-20(24)18-11-14-8-9-17(26-3)12-19(14)22-13(18)2/h5-12H,4H2,1-3H3,(H,23,24). The van der Waals surface area contributed by atoms with E-state index < -0.39 is 5.97 Å². The van der Waals surface area contributed by atoms with E-state index in [0.717, 1.165) is 10.9 Å². The molecule has 0 aliphatic rings. The van der Waals surface area contributed by atoms with Gasteiger partial charge in [0.2, 0.25) is 0 Å². The lowest BCUT2D eigenvalue weighted by atomic mass is 10.1. The first kappa shape index (κ1) is 18.4. The summed E-state index contributed by atoms with van der Waals surface area (Å²) in [6, 6.07) is 13.9. The summed E-state index contributed by atoms with van der Waals surface area (Å²) < 4.78 is 10.2. The Morgan fingerprint density at radius 2 is 1.93 bits per heavy atom. The van der Waals surface area contributed by atoms with Crippen molar-refractivity contribution in [3.63, 3.8) is 0 Å². The van der Waals surface area contributed by atoms with E-state index >= 15 is 0 Å². The quantitative estimate of drug-likeness (QED) is 0.693. The normalized spacial score (nSPS) is 10.5. The maximum atomic E-state index is 12.7. The van der Waals surface area contributed by atoms with Gasteiger partial charge in [-0.15, -0.1) is 0 Å². The highest BCUT2D eigenvalue weighted by Crippen LogP contribution is 2.22. The second-order valence-corrected chi connectivity index (χ2v) is 5.94. The number of anilines is 1. The van der Waals surface area contributed by atoms with Crippen LogP contribution in [-0.2, 0) is 4.74 Å². The zero-order valence-corrected chi connectivity index (χ0v) is 15.4. The monoisotopic (exact) mass is 364 g/mol. The number of ether oxygens (including phenoxy) is 2. The summed E-state index contributed by atoms with van der Waals surface area (Å²) >= 11 is 0. The minimum Gasteiger partial charge on any atom is -0.497 e. The van der Waals surface area contributed by atoms with Gasteiger partial charge in [0.1, 0.15) is 5.75 Å². The first-order chi connectivity index (χ1) is 13.0. The number of carbonyl (C=O) groups is 2. The average Bonchev–Trinajstić information content (AvgIpc) is 2.67. The summed E-state index contributed by atoms with van der Waals surface area (Å²) in [5.74, 6) is -0.00722. The smallest absolute Gasteiger partial charge is 0.338 e. The van der Waals surface area contributed by atoms with Gasteiger partial charge in [0.05, 0.1) is 36.1 Å². The maximum Gasteiger partial charge on any atom is 0.338 e. The fourth-order valence-corrected chi connectivity index (χ4v) is 2.74. The zero-order valence-electron chi connectivity index (χ0n) is 15.4. The molecule has 27 heavy (non-hydrogen) atoms. The number of hydrogen-bond donors (Lipinski definition) is 1. The van der Waals surface area contributed by atoms with E-state index in [9.17, 15) is 9.59 Å². The minimum atomic E-state index is -0.425. The van der Waals surface area contributed by atoms with Crippen LogP contribution in [0.25, 0.3) is 10.9 Å². The van der Waals surface area contributed by atoms with Gasteiger partial charge in [-0.05, 0) is 50.2 Å². The van der Waals surface area contributed by atoms with Crippen molar-refractivity contribution in [1.82, 2.24) is 4.98 Å². The Labute approximate surface area is 157 Å². The van der Waals surface area contributed by atoms with E-state index in [1.165, 1.54) is 0 Å². The molecule has 0 saturated carbocycles. The molecule has 2 aromatic carbocycles. The molecular weight excluding hydrogens is 344 g/mol. The number of methoxy groups -OCH3 is 1. The number of amides is 1. The molecule has 0 atom stereocenters. The van der Waals surface area contributed by atoms with Crippen molar-refractivity contribution in [1.29, 1.82) is 0 Å². The lowest BCUT2D eigenvalue weighted by Crippen LogP contribution is -2.15. The van der Waals surface area contributed by atoms with Crippen LogP contribution in [0, 0.1) is 6.92 Å². The van der Waals surface area contributed by atoms with Crippen molar-refractivity contribution in [2.75, 3.05) is 19.0 Å². The Morgan fingerprint density at radius 1 is 1.11 bits per heavy atom. The van der Waals surface area contributed by atoms with Gasteiger partial charge >= 0.3 is 5.97 Å². The van der Waals surface area contributed by atoms with Gasteiger partial charge in [-0.3, -0.25) is 9.78 Å². The van der Waals surface area contributed by atoms with Crippen molar-refractivity contribution >= 4 is 28.5 Å². The molecular formula is C21H20N2O4. The molecule has 0 spiro atoms. The number of pyridine rings is 1. The van der Waals surface area contributed by atoms with Crippen molar-refractivity contribution in [3.8, 4) is 5.75 Å². The molecule has 3 rings (SSSR count). The molecule has 0 fully saturated rings. The third-order valence-corrected chi connectivity index (χ3v) is 4.09. The number of carbonyl (C=O) groups excluding carboxylic acids is 2. The van der Waals surface area contributed by atoms with E-state index in [0.29, 0.717) is 34.9 Å². The first-order valence-corrected chi connectivity index (χ1v) is 8.55. The molecule has 1 heterocycles. The molecule has 1 amide bonds. The summed E-state index contributed by atoms with van der Waals surface area (Å²) in [6.45, 7) is 3.82. The Morgan fingerprint density at radius 3 is 2.67 bits per heavy atom. The first-order valence-electron chi connectivity index (χ1n) is 8.55. The zero-order chi connectivity index (χ0) is 19.4. The number of nitrogens with zero attached hydrogens (tertiary/aromatic N) is 1. The number of benzene rings is 2. The summed E-state index contributed by atoms with van der Waals surface area (Å²) in [5.41, 5.74) is 2.73. The molecule has 0 aliphatic heterocycles. The van der Waals surface area contributed by atoms with Gasteiger partial charge in [-0.1, -0.05) is 6.07 Å². The topological polar surface area (TPSA) is 77.5 Å². The van der Waals surface area contributed by atoms with Gasteiger partial charge in [0.15, 0.2) is 0 Å². The Bertz CT molecular complexity index is 1010. The van der Waals surface area contributed by atoms with Crippen molar-refractivity contribution < 1.29 is 19.1 Å². The number of aromatic nitrogens is 1. The number of fused-ring (bicyclic) bond motifs is 1. The van der Waals surface area contributed by atoms with Gasteiger partial charge in [0, 0.05) is 17.1 Å². The fourth-order valence-electron chi connectivity index (χ4n) is 2.74. The molecule has 6 nitrogen and oxygen atoms in total. The van der Waals surface area contributed by atoms with E-state index in [1.54, 1.807) is 51.3 Å². The maximum absolute atomic E-state index is 12.7. The summed E-state index contributed by atoms with van der Waals surface area (Å²) in [4.78, 5) is 29.1. The average molecular weight is 364 g/mol. The third-order valence-electron chi connectivity index (χ3n) is 4.09. The predicted octanol–water partition coefficient (Wildman–Crippen LogP) is 3.98. The van der Waals surface area contributed by atoms with Gasteiger partial charge in [0.25, 0.3) is 5.91 Å². The summed E-state index contributed by atoms with van der Waals surface area (Å²) in [6.07, 6.45) is 0. The Balaban J connectivity index is 1.87. The van der Waals surface area contributed by atoms with E-state index in [1.807, 2.05) is 18.2 Å². The van der Waals surface area contributed by atoms with Crippen LogP contribution in [0.3, 0.4) is 0 Å². The number of hydrogen-bond acceptors (Lipinski definition) is 5. The van der Waals surface area contributed by atoms with Crippen LogP contribution in [0.15, 0.2) is 48.5 Å². The second kappa shape index (κ2) is 7.86. The van der Waals surface area contributed by atoms with Gasteiger partial charge in [-0.2, -0.15) is 0 Å². The molecule has 0 unspecified atom stereocenters. The third kappa shape index (κ3) is 4.06. The van der Waals surface area contributed by atoms with Crippen molar-refractivity contribution in [3.05, 3.63) is 65.4 Å². The van der Waals surface area contributed by atoms with E-state index in [-0.39, 0.29) is 5.91 Å². The lowest BCUT2D eigenvalue weighted by Gasteiger charge is -2.10. The summed E-state index contributed by atoms with van der Waals surface area (Å²) in [5, 5.41) is 3.65. The molecule has 6 heteroatoms. The predicted molar refractivity (Wildman–Crippen MR) is 103 cm³/mol. The summed E-state index contributed by atoms with van der Waals surface area (Å²) in [7, 11) is 1.60. The van der Waals surface area contributed by atoms with Crippen molar-refractivity contribution in [2.45, 2.75) is 13.8 Å².